The second kappa shape index (κ2) is 9.22. The normalized spacial score (nSPS) is 18.5. The van der Waals surface area contributed by atoms with E-state index in [2.05, 4.69) is 21.4 Å². The number of fused-ring (bicyclic) bond motifs is 1. The number of hydrogen-bond donors (Lipinski definition) is 1. The van der Waals surface area contributed by atoms with Crippen LogP contribution in [0.25, 0.3) is 0 Å². The minimum atomic E-state index is -0.273. The van der Waals surface area contributed by atoms with Gasteiger partial charge in [-0.3, -0.25) is 15.3 Å². The number of pyridine rings is 1. The summed E-state index contributed by atoms with van der Waals surface area (Å²) in [5.41, 5.74) is 5.09. The third-order valence-electron chi connectivity index (χ3n) is 4.86. The van der Waals surface area contributed by atoms with Gasteiger partial charge in [0.25, 0.3) is 0 Å². The molecule has 0 saturated carbocycles. The van der Waals surface area contributed by atoms with Crippen LogP contribution in [0.3, 0.4) is 0 Å². The molecule has 2 heterocycles. The summed E-state index contributed by atoms with van der Waals surface area (Å²) in [4.78, 5) is 15.8. The van der Waals surface area contributed by atoms with Gasteiger partial charge in [-0.05, 0) is 50.8 Å². The molecular formula is C22H30N4O3. The van der Waals surface area contributed by atoms with E-state index in [0.717, 1.165) is 41.4 Å². The van der Waals surface area contributed by atoms with E-state index in [1.165, 1.54) is 5.56 Å². The second-order valence-corrected chi connectivity index (χ2v) is 8.30. The Hall–Kier alpha value is -2.67. The summed E-state index contributed by atoms with van der Waals surface area (Å²) in [5, 5.41) is 19.5. The van der Waals surface area contributed by atoms with Gasteiger partial charge in [0, 0.05) is 11.1 Å². The Bertz CT molecular complexity index is 856. The third kappa shape index (κ3) is 5.67. The van der Waals surface area contributed by atoms with Crippen LogP contribution >= 0.6 is 0 Å². The van der Waals surface area contributed by atoms with Crippen molar-refractivity contribution in [1.29, 1.82) is 0 Å². The molecule has 7 nitrogen and oxygen atoms in total. The van der Waals surface area contributed by atoms with Crippen molar-refractivity contribution in [2.24, 2.45) is 15.7 Å². The second-order valence-electron chi connectivity index (χ2n) is 8.30. The largest absolute Gasteiger partial charge is 0.395 e. The number of allylic oxidation sites excluding steroid dienone is 3. The lowest BCUT2D eigenvalue weighted by Crippen LogP contribution is -2.26. The first kappa shape index (κ1) is 21.0. The Balaban J connectivity index is 1.54. The fourth-order valence-corrected chi connectivity index (χ4v) is 3.18. The maximum atomic E-state index is 9.86. The lowest BCUT2D eigenvalue weighted by molar-refractivity contribution is -0.0394. The van der Waals surface area contributed by atoms with Crippen LogP contribution in [0.1, 0.15) is 50.6 Å². The molecule has 1 aliphatic heterocycles. The van der Waals surface area contributed by atoms with Crippen LogP contribution in [0.4, 0.5) is 0 Å². The third-order valence-corrected chi connectivity index (χ3v) is 4.86. The first-order valence-corrected chi connectivity index (χ1v) is 10.0. The molecule has 1 N–H and O–H groups in total. The van der Waals surface area contributed by atoms with Crippen molar-refractivity contribution in [2.45, 2.75) is 47.0 Å². The summed E-state index contributed by atoms with van der Waals surface area (Å²) in [6, 6.07) is 4.18. The highest BCUT2D eigenvalue weighted by Gasteiger charge is 2.22. The molecule has 1 aliphatic carbocycles. The highest BCUT2D eigenvalue weighted by Crippen LogP contribution is 2.22. The van der Waals surface area contributed by atoms with Gasteiger partial charge in [-0.15, -0.1) is 0 Å². The average Bonchev–Trinajstić information content (AvgIpc) is 2.68. The van der Waals surface area contributed by atoms with Crippen molar-refractivity contribution >= 4 is 11.4 Å². The highest BCUT2D eigenvalue weighted by atomic mass is 16.6. The minimum absolute atomic E-state index is 0.273. The first-order valence-electron chi connectivity index (χ1n) is 10.0. The van der Waals surface area contributed by atoms with Crippen molar-refractivity contribution in [1.82, 2.24) is 10.0 Å². The Kier molecular flexibility index (Phi) is 6.69. The van der Waals surface area contributed by atoms with Crippen LogP contribution in [0.2, 0.25) is 0 Å². The lowest BCUT2D eigenvalue weighted by atomic mass is 9.94. The van der Waals surface area contributed by atoms with Gasteiger partial charge in [0.1, 0.15) is 24.6 Å². The Morgan fingerprint density at radius 1 is 1.24 bits per heavy atom. The maximum Gasteiger partial charge on any atom is 0.125 e. The first-order chi connectivity index (χ1) is 13.9. The molecule has 0 fully saturated rings. The van der Waals surface area contributed by atoms with E-state index >= 15 is 0 Å². The Morgan fingerprint density at radius 2 is 2.03 bits per heavy atom. The van der Waals surface area contributed by atoms with Gasteiger partial charge in [-0.2, -0.15) is 0 Å². The van der Waals surface area contributed by atoms with E-state index in [4.69, 9.17) is 9.68 Å². The van der Waals surface area contributed by atoms with E-state index < -0.39 is 0 Å². The Labute approximate surface area is 172 Å². The fraction of sp³-hybridized carbons (Fsp3) is 0.500. The van der Waals surface area contributed by atoms with Crippen molar-refractivity contribution in [3.05, 3.63) is 53.0 Å². The average molecular weight is 399 g/mol. The monoisotopic (exact) mass is 398 g/mol. The van der Waals surface area contributed by atoms with Crippen LogP contribution in [-0.4, -0.2) is 46.4 Å². The molecule has 29 heavy (non-hydrogen) atoms. The molecule has 3 rings (SSSR count). The quantitative estimate of drug-likeness (QED) is 0.554. The van der Waals surface area contributed by atoms with Crippen LogP contribution in [0.15, 0.2) is 46.4 Å². The van der Waals surface area contributed by atoms with Gasteiger partial charge in [0.05, 0.1) is 17.9 Å². The summed E-state index contributed by atoms with van der Waals surface area (Å²) < 4.78 is 0. The number of aryl methyl sites for hydroxylation is 2. The molecule has 1 aromatic heterocycles. The molecule has 1 aromatic rings. The van der Waals surface area contributed by atoms with E-state index in [9.17, 15) is 5.21 Å². The molecule has 0 aromatic carbocycles. The standard InChI is InChI=1S/C22H30N4O3/c1-16-11-12-18-8-7-9-19(21(18)23-16)25-29-15-22(3,4)14-28-24-17(2)20-10-5-6-13-26(20)27/h5-6,10-12,27H,7-9,13-15H2,1-4H3/b24-17+,25-19+. The van der Waals surface area contributed by atoms with Gasteiger partial charge in [-0.25, -0.2) is 0 Å². The minimum Gasteiger partial charge on any atom is -0.395 e. The number of nitrogens with zero attached hydrogens (tertiary/aromatic N) is 4. The number of hydroxylamine groups is 2. The highest BCUT2D eigenvalue weighted by molar-refractivity contribution is 6.00. The Morgan fingerprint density at radius 3 is 2.83 bits per heavy atom. The van der Waals surface area contributed by atoms with Crippen LogP contribution in [0.5, 0.6) is 0 Å². The van der Waals surface area contributed by atoms with Crippen LogP contribution < -0.4 is 0 Å². The lowest BCUT2D eigenvalue weighted by Gasteiger charge is -2.23. The van der Waals surface area contributed by atoms with Crippen LogP contribution in [-0.2, 0) is 16.1 Å². The molecule has 0 radical (unpaired) electrons. The molecular weight excluding hydrogens is 368 g/mol. The van der Waals surface area contributed by atoms with Crippen LogP contribution in [0, 0.1) is 12.3 Å². The zero-order valence-electron chi connectivity index (χ0n) is 17.7. The summed E-state index contributed by atoms with van der Waals surface area (Å²) >= 11 is 0. The van der Waals surface area contributed by atoms with Crippen molar-refractivity contribution in [3.63, 3.8) is 0 Å². The number of hydrogen-bond acceptors (Lipinski definition) is 7. The predicted molar refractivity (Wildman–Crippen MR) is 113 cm³/mol. The number of rotatable bonds is 7. The molecule has 0 bridgehead atoms. The van der Waals surface area contributed by atoms with Gasteiger partial charge in [0.15, 0.2) is 0 Å². The predicted octanol–water partition coefficient (Wildman–Crippen LogP) is 4.01. The molecule has 0 atom stereocenters. The van der Waals surface area contributed by atoms with Gasteiger partial charge < -0.3 is 9.68 Å². The molecule has 2 aliphatic rings. The SMILES string of the molecule is C/C(=N\OCC(C)(C)CO/N=C1\CCCc2ccc(C)nc21)C1=CC=CCN1O. The molecule has 156 valence electrons. The summed E-state index contributed by atoms with van der Waals surface area (Å²) in [6.45, 7) is 9.09. The molecule has 0 unspecified atom stereocenters. The molecule has 7 heteroatoms. The molecule has 0 amide bonds. The van der Waals surface area contributed by atoms with E-state index in [0.29, 0.717) is 31.2 Å². The van der Waals surface area contributed by atoms with E-state index in [-0.39, 0.29) is 5.41 Å². The fourth-order valence-electron chi connectivity index (χ4n) is 3.18. The number of oxime groups is 2. The summed E-state index contributed by atoms with van der Waals surface area (Å²) in [7, 11) is 0. The van der Waals surface area contributed by atoms with Gasteiger partial charge >= 0.3 is 0 Å². The zero-order chi connectivity index (χ0) is 20.9. The molecule has 0 saturated heterocycles. The van der Waals surface area contributed by atoms with Crippen molar-refractivity contribution < 1.29 is 14.9 Å². The van der Waals surface area contributed by atoms with Crippen molar-refractivity contribution in [2.75, 3.05) is 19.8 Å². The van der Waals surface area contributed by atoms with E-state index in [1.54, 1.807) is 13.0 Å². The summed E-state index contributed by atoms with van der Waals surface area (Å²) in [5.74, 6) is 0. The summed E-state index contributed by atoms with van der Waals surface area (Å²) in [6.07, 6.45) is 8.53. The van der Waals surface area contributed by atoms with Crippen molar-refractivity contribution in [3.8, 4) is 0 Å². The molecule has 0 spiro atoms. The zero-order valence-corrected chi connectivity index (χ0v) is 17.7. The topological polar surface area (TPSA) is 79.5 Å². The number of aromatic nitrogens is 1. The van der Waals surface area contributed by atoms with E-state index in [1.807, 2.05) is 39.0 Å². The van der Waals surface area contributed by atoms with Gasteiger partial charge in [-0.1, -0.05) is 42.4 Å². The smallest absolute Gasteiger partial charge is 0.125 e. The van der Waals surface area contributed by atoms with Gasteiger partial charge in [0.2, 0.25) is 0 Å². The maximum absolute atomic E-state index is 9.86.